The zero-order valence-electron chi connectivity index (χ0n) is 10.1. The minimum Gasteiger partial charge on any atom is -0.380 e. The van der Waals surface area contributed by atoms with Gasteiger partial charge in [0.25, 0.3) is 5.69 Å². The van der Waals surface area contributed by atoms with E-state index >= 15 is 0 Å². The molecule has 0 spiro atoms. The number of anilines is 1. The van der Waals surface area contributed by atoms with Crippen LogP contribution in [-0.4, -0.2) is 4.92 Å². The van der Waals surface area contributed by atoms with E-state index in [1.165, 1.54) is 18.2 Å². The van der Waals surface area contributed by atoms with Gasteiger partial charge in [-0.3, -0.25) is 10.1 Å². The Morgan fingerprint density at radius 1 is 1.15 bits per heavy atom. The Kier molecular flexibility index (Phi) is 4.48. The Morgan fingerprint density at radius 2 is 1.80 bits per heavy atom. The van der Waals surface area contributed by atoms with Gasteiger partial charge in [0.05, 0.1) is 10.5 Å². The van der Waals surface area contributed by atoms with Gasteiger partial charge in [0.2, 0.25) is 0 Å². The number of nitrogens with one attached hydrogen (secondary N) is 1. The lowest BCUT2D eigenvalue weighted by molar-refractivity contribution is -0.385. The molecule has 0 aromatic heterocycles. The molecular weight excluding hydrogens is 381 g/mol. The van der Waals surface area contributed by atoms with Crippen LogP contribution >= 0.6 is 22.6 Å². The maximum Gasteiger partial charge on any atom is 0.274 e. The molecule has 0 atom stereocenters. The topological polar surface area (TPSA) is 55.2 Å². The number of hydrogen-bond donors (Lipinski definition) is 1. The third kappa shape index (κ3) is 3.41. The molecule has 104 valence electrons. The van der Waals surface area contributed by atoms with Gasteiger partial charge in [-0.15, -0.1) is 0 Å². The molecule has 0 heterocycles. The van der Waals surface area contributed by atoms with Crippen molar-refractivity contribution in [3.05, 3.63) is 67.3 Å². The van der Waals surface area contributed by atoms with Crippen LogP contribution in [0.3, 0.4) is 0 Å². The van der Waals surface area contributed by atoms with E-state index in [4.69, 9.17) is 0 Å². The Morgan fingerprint density at radius 3 is 2.45 bits per heavy atom. The predicted molar refractivity (Wildman–Crippen MR) is 79.5 cm³/mol. The lowest BCUT2D eigenvalue weighted by Gasteiger charge is -2.09. The average molecular weight is 390 g/mol. The second-order valence-corrected chi connectivity index (χ2v) is 5.17. The van der Waals surface area contributed by atoms with Crippen LogP contribution in [0.1, 0.15) is 5.56 Å². The Balaban J connectivity index is 2.22. The molecule has 0 bridgehead atoms. The normalized spacial score (nSPS) is 10.3. The Hall–Kier alpha value is -1.77. The maximum absolute atomic E-state index is 13.2. The van der Waals surface area contributed by atoms with Gasteiger partial charge in [-0.2, -0.15) is 0 Å². The fourth-order valence-corrected chi connectivity index (χ4v) is 2.37. The third-order valence-electron chi connectivity index (χ3n) is 2.64. The fourth-order valence-electron chi connectivity index (χ4n) is 1.70. The summed E-state index contributed by atoms with van der Waals surface area (Å²) in [5.41, 5.74) is 0.705. The van der Waals surface area contributed by atoms with Crippen molar-refractivity contribution in [3.63, 3.8) is 0 Å². The van der Waals surface area contributed by atoms with Crippen molar-refractivity contribution >= 4 is 34.0 Å². The zero-order chi connectivity index (χ0) is 14.7. The first-order chi connectivity index (χ1) is 9.47. The molecule has 0 fully saturated rings. The highest BCUT2D eigenvalue weighted by Gasteiger charge is 2.14. The first kappa shape index (κ1) is 14.6. The highest BCUT2D eigenvalue weighted by molar-refractivity contribution is 14.1. The summed E-state index contributed by atoms with van der Waals surface area (Å²) in [4.78, 5) is 10.3. The summed E-state index contributed by atoms with van der Waals surface area (Å²) >= 11 is 1.95. The third-order valence-corrected chi connectivity index (χ3v) is 3.53. The van der Waals surface area contributed by atoms with Crippen molar-refractivity contribution in [1.29, 1.82) is 0 Å². The lowest BCUT2D eigenvalue weighted by Crippen LogP contribution is -2.05. The highest BCUT2D eigenvalue weighted by atomic mass is 127. The number of nitrogens with zero attached hydrogens (tertiary/aromatic N) is 1. The molecule has 0 radical (unpaired) electrons. The summed E-state index contributed by atoms with van der Waals surface area (Å²) in [5, 5.41) is 13.8. The Labute approximate surface area is 127 Å². The minimum absolute atomic E-state index is 0.0791. The average Bonchev–Trinajstić information content (AvgIpc) is 2.37. The summed E-state index contributed by atoms with van der Waals surface area (Å²) in [5.74, 6) is -0.905. The monoisotopic (exact) mass is 390 g/mol. The molecule has 0 aliphatic carbocycles. The minimum atomic E-state index is -0.563. The molecule has 7 heteroatoms. The van der Waals surface area contributed by atoms with Crippen molar-refractivity contribution in [3.8, 4) is 0 Å². The number of nitro groups is 1. The molecule has 2 aromatic carbocycles. The predicted octanol–water partition coefficient (Wildman–Crippen LogP) is 4.09. The van der Waals surface area contributed by atoms with Crippen LogP contribution in [0, 0.1) is 25.3 Å². The SMILES string of the molecule is O=[N+]([O-])c1ccc(F)cc1CNc1ccc(F)cc1I. The van der Waals surface area contributed by atoms with E-state index in [2.05, 4.69) is 5.32 Å². The molecule has 0 saturated heterocycles. The van der Waals surface area contributed by atoms with Gasteiger partial charge < -0.3 is 5.32 Å². The van der Waals surface area contributed by atoms with Gasteiger partial charge in [-0.25, -0.2) is 8.78 Å². The van der Waals surface area contributed by atoms with Gasteiger partial charge in [0, 0.05) is 21.9 Å². The van der Waals surface area contributed by atoms with Crippen LogP contribution in [0.25, 0.3) is 0 Å². The largest absolute Gasteiger partial charge is 0.380 e. The first-order valence-electron chi connectivity index (χ1n) is 5.59. The first-order valence-corrected chi connectivity index (χ1v) is 6.67. The number of benzene rings is 2. The van der Waals surface area contributed by atoms with E-state index in [0.29, 0.717) is 9.26 Å². The van der Waals surface area contributed by atoms with Crippen molar-refractivity contribution in [2.45, 2.75) is 6.54 Å². The van der Waals surface area contributed by atoms with Gasteiger partial charge in [-0.05, 0) is 52.9 Å². The summed E-state index contributed by atoms with van der Waals surface area (Å²) < 4.78 is 26.8. The fraction of sp³-hybridized carbons (Fsp3) is 0.0769. The summed E-state index contributed by atoms with van der Waals surface area (Å²) in [6.07, 6.45) is 0. The molecule has 1 N–H and O–H groups in total. The molecule has 0 unspecified atom stereocenters. The van der Waals surface area contributed by atoms with Crippen LogP contribution in [0.5, 0.6) is 0 Å². The smallest absolute Gasteiger partial charge is 0.274 e. The highest BCUT2D eigenvalue weighted by Crippen LogP contribution is 2.23. The molecular formula is C13H9F2IN2O2. The standard InChI is InChI=1S/C13H9F2IN2O2/c14-9-2-4-13(18(19)20)8(5-9)7-17-12-3-1-10(15)6-11(12)16/h1-6,17H,7H2. The van der Waals surface area contributed by atoms with Gasteiger partial charge in [0.15, 0.2) is 0 Å². The van der Waals surface area contributed by atoms with E-state index in [0.717, 1.165) is 18.2 Å². The van der Waals surface area contributed by atoms with Crippen LogP contribution in [0.2, 0.25) is 0 Å². The Bertz CT molecular complexity index is 665. The molecule has 0 amide bonds. The number of nitro benzene ring substituents is 1. The number of hydrogen-bond acceptors (Lipinski definition) is 3. The van der Waals surface area contributed by atoms with Crippen LogP contribution < -0.4 is 5.32 Å². The molecule has 0 aliphatic heterocycles. The van der Waals surface area contributed by atoms with E-state index in [9.17, 15) is 18.9 Å². The van der Waals surface area contributed by atoms with Crippen molar-refractivity contribution in [2.75, 3.05) is 5.32 Å². The molecule has 2 aromatic rings. The van der Waals surface area contributed by atoms with Gasteiger partial charge >= 0.3 is 0 Å². The van der Waals surface area contributed by atoms with Crippen molar-refractivity contribution in [2.24, 2.45) is 0 Å². The number of rotatable bonds is 4. The number of halogens is 3. The summed E-state index contributed by atoms with van der Waals surface area (Å²) in [6, 6.07) is 7.43. The lowest BCUT2D eigenvalue weighted by atomic mass is 10.1. The summed E-state index contributed by atoms with van der Waals surface area (Å²) in [6.45, 7) is 0.0791. The van der Waals surface area contributed by atoms with E-state index in [1.54, 1.807) is 0 Å². The second kappa shape index (κ2) is 6.12. The van der Waals surface area contributed by atoms with Gasteiger partial charge in [-0.1, -0.05) is 0 Å². The van der Waals surface area contributed by atoms with E-state index in [1.807, 2.05) is 22.6 Å². The molecule has 0 aliphatic rings. The maximum atomic E-state index is 13.2. The molecule has 4 nitrogen and oxygen atoms in total. The summed E-state index contributed by atoms with van der Waals surface area (Å²) in [7, 11) is 0. The van der Waals surface area contributed by atoms with Crippen LogP contribution in [0.15, 0.2) is 36.4 Å². The second-order valence-electron chi connectivity index (χ2n) is 4.01. The van der Waals surface area contributed by atoms with E-state index in [-0.39, 0.29) is 23.6 Å². The van der Waals surface area contributed by atoms with Gasteiger partial charge in [0.1, 0.15) is 11.6 Å². The quantitative estimate of drug-likeness (QED) is 0.486. The molecule has 20 heavy (non-hydrogen) atoms. The van der Waals surface area contributed by atoms with Crippen molar-refractivity contribution < 1.29 is 13.7 Å². The molecule has 0 saturated carbocycles. The van der Waals surface area contributed by atoms with Crippen LogP contribution in [-0.2, 0) is 6.54 Å². The van der Waals surface area contributed by atoms with E-state index < -0.39 is 10.7 Å². The van der Waals surface area contributed by atoms with Crippen LogP contribution in [0.4, 0.5) is 20.2 Å². The zero-order valence-corrected chi connectivity index (χ0v) is 12.2. The molecule has 2 rings (SSSR count). The van der Waals surface area contributed by atoms with Crippen molar-refractivity contribution in [1.82, 2.24) is 0 Å².